The second kappa shape index (κ2) is 8.71. The topological polar surface area (TPSA) is 71.3 Å². The number of fused-ring (bicyclic) bond motifs is 2. The number of aromatic nitrogens is 3. The fraction of sp³-hybridized carbons (Fsp3) is 0.462. The van der Waals surface area contributed by atoms with E-state index in [0.29, 0.717) is 6.54 Å². The number of nitrogens with zero attached hydrogens (tertiary/aromatic N) is 5. The predicted octanol–water partition coefficient (Wildman–Crippen LogP) is 3.89. The molecule has 10 heteroatoms. The molecule has 2 aromatic carbocycles. The molecule has 190 valence electrons. The van der Waals surface area contributed by atoms with Gasteiger partial charge in [0.25, 0.3) is 10.0 Å². The Morgan fingerprint density at radius 3 is 2.25 bits per heavy atom. The van der Waals surface area contributed by atoms with Gasteiger partial charge in [0.1, 0.15) is 24.1 Å². The molecule has 1 saturated carbocycles. The zero-order valence-corrected chi connectivity index (χ0v) is 20.8. The number of rotatable bonds is 5. The quantitative estimate of drug-likeness (QED) is 0.484. The molecule has 3 fully saturated rings. The monoisotopic (exact) mass is 513 g/mol. The summed E-state index contributed by atoms with van der Waals surface area (Å²) in [5, 5.41) is 6.25. The minimum Gasteiger partial charge on any atom is -0.317 e. The van der Waals surface area contributed by atoms with Crippen LogP contribution in [0.25, 0.3) is 0 Å². The zero-order chi connectivity index (χ0) is 25.1. The van der Waals surface area contributed by atoms with E-state index in [1.807, 2.05) is 34.9 Å². The van der Waals surface area contributed by atoms with E-state index < -0.39 is 33.0 Å². The van der Waals surface area contributed by atoms with Crippen molar-refractivity contribution in [3.05, 3.63) is 84.4 Å². The highest BCUT2D eigenvalue weighted by molar-refractivity contribution is 7.89. The normalized spacial score (nSPS) is 36.3. The molecule has 7 atom stereocenters. The maximum Gasteiger partial charge on any atom is 0.250 e. The highest BCUT2D eigenvalue weighted by Gasteiger charge is 2.65. The Morgan fingerprint density at radius 1 is 1.00 bits per heavy atom. The van der Waals surface area contributed by atoms with E-state index in [1.165, 1.54) is 0 Å². The first-order valence-electron chi connectivity index (χ1n) is 12.3. The van der Waals surface area contributed by atoms with Gasteiger partial charge in [0.15, 0.2) is 0 Å². The summed E-state index contributed by atoms with van der Waals surface area (Å²) in [6, 6.07) is 16.6. The van der Waals surface area contributed by atoms with E-state index in [2.05, 4.69) is 15.1 Å². The van der Waals surface area contributed by atoms with E-state index in [0.717, 1.165) is 18.4 Å². The fourth-order valence-corrected chi connectivity index (χ4v) is 8.86. The van der Waals surface area contributed by atoms with Gasteiger partial charge in [-0.25, -0.2) is 12.8 Å². The summed E-state index contributed by atoms with van der Waals surface area (Å²) in [5.74, 6) is 0.237. The van der Waals surface area contributed by atoms with Crippen LogP contribution in [0, 0.1) is 5.92 Å². The van der Waals surface area contributed by atoms with Crippen LogP contribution in [-0.4, -0.2) is 62.9 Å². The van der Waals surface area contributed by atoms with Gasteiger partial charge >= 0.3 is 0 Å². The molecule has 1 aliphatic carbocycles. The average molecular weight is 514 g/mol. The maximum absolute atomic E-state index is 16.8. The molecule has 6 rings (SSSR count). The van der Waals surface area contributed by atoms with Crippen LogP contribution in [0.1, 0.15) is 42.2 Å². The Hall–Kier alpha value is -2.69. The summed E-state index contributed by atoms with van der Waals surface area (Å²) in [6.07, 6.45) is 3.29. The molecular weight excluding hydrogens is 484 g/mol. The lowest BCUT2D eigenvalue weighted by Gasteiger charge is -2.54. The largest absolute Gasteiger partial charge is 0.317 e. The molecule has 7 nitrogen and oxygen atoms in total. The lowest BCUT2D eigenvalue weighted by Crippen LogP contribution is -2.70. The van der Waals surface area contributed by atoms with E-state index in [9.17, 15) is 8.42 Å². The summed E-state index contributed by atoms with van der Waals surface area (Å²) in [5.41, 5.74) is -0.576. The van der Waals surface area contributed by atoms with Crippen molar-refractivity contribution in [3.63, 3.8) is 0 Å². The Balaban J connectivity index is 1.41. The van der Waals surface area contributed by atoms with Gasteiger partial charge in [-0.2, -0.15) is 0 Å². The van der Waals surface area contributed by atoms with Gasteiger partial charge in [0, 0.05) is 18.6 Å². The second-order valence-electron chi connectivity index (χ2n) is 10.6. The van der Waals surface area contributed by atoms with Gasteiger partial charge in [0.05, 0.1) is 11.6 Å². The van der Waals surface area contributed by atoms with E-state index in [-0.39, 0.29) is 34.5 Å². The molecule has 3 heterocycles. The SMILES string of the molecule is CC1(Cc2ccccc2)C(N2CC3CC2C[C@H]3n2cnnc2)C(F)C(c2ccccc2)S(=O)(=O)N1F. The molecule has 6 unspecified atom stereocenters. The number of alkyl halides is 1. The van der Waals surface area contributed by atoms with Crippen LogP contribution in [0.2, 0.25) is 0 Å². The van der Waals surface area contributed by atoms with Crippen LogP contribution in [-0.2, 0) is 16.4 Å². The summed E-state index contributed by atoms with van der Waals surface area (Å²) < 4.78 is 62.1. The van der Waals surface area contributed by atoms with Gasteiger partial charge in [-0.1, -0.05) is 60.7 Å². The van der Waals surface area contributed by atoms with Gasteiger partial charge in [-0.3, -0.25) is 4.90 Å². The van der Waals surface area contributed by atoms with Crippen LogP contribution >= 0.6 is 0 Å². The third-order valence-electron chi connectivity index (χ3n) is 8.43. The Labute approximate surface area is 209 Å². The minimum atomic E-state index is -4.61. The average Bonchev–Trinajstić information content (AvgIpc) is 3.62. The Bertz CT molecular complexity index is 1310. The third kappa shape index (κ3) is 3.61. The maximum atomic E-state index is 16.8. The van der Waals surface area contributed by atoms with Crippen molar-refractivity contribution < 1.29 is 17.3 Å². The number of likely N-dealkylation sites (tertiary alicyclic amines) is 1. The van der Waals surface area contributed by atoms with E-state index in [4.69, 9.17) is 0 Å². The first-order chi connectivity index (χ1) is 17.3. The van der Waals surface area contributed by atoms with Crippen molar-refractivity contribution in [2.24, 2.45) is 5.92 Å². The molecule has 0 amide bonds. The summed E-state index contributed by atoms with van der Waals surface area (Å²) in [6.45, 7) is 2.12. The van der Waals surface area contributed by atoms with Crippen LogP contribution in [0.5, 0.6) is 0 Å². The molecule has 3 aliphatic rings. The van der Waals surface area contributed by atoms with Gasteiger partial charge in [-0.15, -0.1) is 14.7 Å². The molecule has 0 spiro atoms. The van der Waals surface area contributed by atoms with Crippen LogP contribution < -0.4 is 0 Å². The Kier molecular flexibility index (Phi) is 5.73. The van der Waals surface area contributed by atoms with Gasteiger partial charge in [-0.05, 0) is 47.8 Å². The number of piperidine rings is 1. The van der Waals surface area contributed by atoms with Gasteiger partial charge < -0.3 is 4.57 Å². The van der Waals surface area contributed by atoms with E-state index >= 15 is 8.87 Å². The standard InChI is InChI=1S/C26H29F2N5O2S/c1-26(14-18-8-4-2-5-9-18)25(32-15-20-12-21(32)13-22(20)31-16-29-30-17-31)23(27)24(36(34,35)33(26)28)19-10-6-3-7-11-19/h2-11,16-17,20-25H,12-15H2,1H3/t20?,21?,22-,23?,24?,25?,26?/m1/s1. The first-order valence-corrected chi connectivity index (χ1v) is 13.8. The lowest BCUT2D eigenvalue weighted by molar-refractivity contribution is -0.0938. The summed E-state index contributed by atoms with van der Waals surface area (Å²) in [7, 11) is -4.61. The second-order valence-corrected chi connectivity index (χ2v) is 12.4. The lowest BCUT2D eigenvalue weighted by atomic mass is 9.79. The number of hydrogen-bond acceptors (Lipinski definition) is 5. The smallest absolute Gasteiger partial charge is 0.250 e. The highest BCUT2D eigenvalue weighted by atomic mass is 32.2. The molecule has 2 saturated heterocycles. The number of benzene rings is 2. The summed E-state index contributed by atoms with van der Waals surface area (Å²) >= 11 is 0. The Morgan fingerprint density at radius 2 is 1.64 bits per heavy atom. The van der Waals surface area contributed by atoms with Crippen molar-refractivity contribution in [1.29, 1.82) is 0 Å². The molecule has 2 aliphatic heterocycles. The van der Waals surface area contributed by atoms with Crippen LogP contribution in [0.15, 0.2) is 73.3 Å². The van der Waals surface area contributed by atoms with Crippen molar-refractivity contribution >= 4 is 10.0 Å². The molecular formula is C26H29F2N5O2S. The minimum absolute atomic E-state index is 0.0192. The van der Waals surface area contributed by atoms with Crippen molar-refractivity contribution in [3.8, 4) is 0 Å². The molecule has 1 aromatic heterocycles. The zero-order valence-electron chi connectivity index (χ0n) is 19.9. The summed E-state index contributed by atoms with van der Waals surface area (Å²) in [4.78, 5) is 2.05. The molecule has 36 heavy (non-hydrogen) atoms. The molecule has 0 radical (unpaired) electrons. The molecule has 2 bridgehead atoms. The van der Waals surface area contributed by atoms with Gasteiger partial charge in [0.2, 0.25) is 0 Å². The number of hydrogen-bond donors (Lipinski definition) is 0. The van der Waals surface area contributed by atoms with Crippen LogP contribution in [0.3, 0.4) is 0 Å². The molecule has 3 aromatic rings. The molecule has 0 N–H and O–H groups in total. The van der Waals surface area contributed by atoms with Crippen molar-refractivity contribution in [2.45, 2.75) is 61.3 Å². The first kappa shape index (κ1) is 23.7. The van der Waals surface area contributed by atoms with Crippen molar-refractivity contribution in [1.82, 2.24) is 24.2 Å². The highest BCUT2D eigenvalue weighted by Crippen LogP contribution is 2.53. The predicted molar refractivity (Wildman–Crippen MR) is 131 cm³/mol. The third-order valence-corrected chi connectivity index (χ3v) is 10.5. The van der Waals surface area contributed by atoms with E-state index in [1.54, 1.807) is 49.9 Å². The fourth-order valence-electron chi connectivity index (χ4n) is 6.93. The van der Waals surface area contributed by atoms with Crippen LogP contribution in [0.4, 0.5) is 8.87 Å². The number of halogens is 2. The number of sulfonamides is 1. The van der Waals surface area contributed by atoms with Crippen molar-refractivity contribution in [2.75, 3.05) is 6.54 Å².